The fraction of sp³-hybridized carbons (Fsp3) is 0.875. The van der Waals surface area contributed by atoms with Crippen LogP contribution in [0.25, 0.3) is 0 Å². The molecular formula is C16H27N3O5S. The molecule has 0 radical (unpaired) electrons. The highest BCUT2D eigenvalue weighted by Crippen LogP contribution is 2.28. The van der Waals surface area contributed by atoms with E-state index < -0.39 is 5.09 Å². The van der Waals surface area contributed by atoms with Crippen molar-refractivity contribution in [3.63, 3.8) is 0 Å². The van der Waals surface area contributed by atoms with E-state index in [1.807, 2.05) is 4.90 Å². The topological polar surface area (TPSA) is 93.9 Å². The molecule has 1 heterocycles. The standard InChI is InChI=1S/C16H27N3O5S/c1-12(20)2-7-16(25)18-11-23-10-15(18)17-8-13-3-5-14(6-4-13)9-24-19(21)22/h13-15,17H,2-11H2,1H3. The second kappa shape index (κ2) is 9.98. The molecule has 0 amide bonds. The minimum atomic E-state index is -0.711. The normalized spacial score (nSPS) is 26.4. The maximum atomic E-state index is 11.1. The highest BCUT2D eigenvalue weighted by Gasteiger charge is 2.28. The van der Waals surface area contributed by atoms with Crippen molar-refractivity contribution in [1.82, 2.24) is 10.2 Å². The first-order valence-electron chi connectivity index (χ1n) is 8.83. The van der Waals surface area contributed by atoms with Crippen molar-refractivity contribution >= 4 is 23.0 Å². The van der Waals surface area contributed by atoms with E-state index in [4.69, 9.17) is 17.0 Å². The molecule has 2 fully saturated rings. The Morgan fingerprint density at radius 2 is 2.00 bits per heavy atom. The van der Waals surface area contributed by atoms with E-state index in [2.05, 4.69) is 10.2 Å². The minimum Gasteiger partial charge on any atom is -0.358 e. The van der Waals surface area contributed by atoms with E-state index in [0.29, 0.717) is 32.1 Å². The van der Waals surface area contributed by atoms with Crippen LogP contribution in [0.1, 0.15) is 45.4 Å². The number of ether oxygens (including phenoxy) is 1. The van der Waals surface area contributed by atoms with Gasteiger partial charge in [-0.2, -0.15) is 0 Å². The Morgan fingerprint density at radius 3 is 2.64 bits per heavy atom. The summed E-state index contributed by atoms with van der Waals surface area (Å²) in [6.45, 7) is 3.72. The Morgan fingerprint density at radius 1 is 1.32 bits per heavy atom. The molecule has 0 spiro atoms. The van der Waals surface area contributed by atoms with Crippen molar-refractivity contribution in [2.45, 2.75) is 51.6 Å². The lowest BCUT2D eigenvalue weighted by Crippen LogP contribution is -2.47. The summed E-state index contributed by atoms with van der Waals surface area (Å²) in [4.78, 5) is 28.6. The third-order valence-electron chi connectivity index (χ3n) is 4.92. The number of Topliss-reactive ketones (excluding diaryl/α,β-unsaturated/α-hetero) is 1. The summed E-state index contributed by atoms with van der Waals surface area (Å²) in [5.74, 6) is 0.983. The molecule has 1 saturated carbocycles. The average molecular weight is 373 g/mol. The van der Waals surface area contributed by atoms with Gasteiger partial charge in [-0.1, -0.05) is 12.2 Å². The number of ketones is 1. The van der Waals surface area contributed by atoms with Crippen LogP contribution in [0.5, 0.6) is 0 Å². The zero-order valence-electron chi connectivity index (χ0n) is 14.6. The number of rotatable bonds is 9. The molecule has 2 aliphatic rings. The summed E-state index contributed by atoms with van der Waals surface area (Å²) in [5.41, 5.74) is 0. The zero-order valence-corrected chi connectivity index (χ0v) is 15.5. The lowest BCUT2D eigenvalue weighted by Gasteiger charge is -2.31. The molecule has 1 unspecified atom stereocenters. The van der Waals surface area contributed by atoms with E-state index in [1.165, 1.54) is 0 Å². The van der Waals surface area contributed by atoms with Crippen molar-refractivity contribution in [2.75, 3.05) is 26.5 Å². The maximum absolute atomic E-state index is 11.1. The molecule has 1 saturated heterocycles. The van der Waals surface area contributed by atoms with Crippen molar-refractivity contribution in [2.24, 2.45) is 11.8 Å². The molecule has 1 N–H and O–H groups in total. The summed E-state index contributed by atoms with van der Waals surface area (Å²) >= 11 is 5.43. The summed E-state index contributed by atoms with van der Waals surface area (Å²) in [6.07, 6.45) is 5.13. The third kappa shape index (κ3) is 6.83. The Hall–Kier alpha value is -1.32. The van der Waals surface area contributed by atoms with Crippen LogP contribution in [0.3, 0.4) is 0 Å². The van der Waals surface area contributed by atoms with Crippen LogP contribution in [0.2, 0.25) is 0 Å². The van der Waals surface area contributed by atoms with Gasteiger partial charge in [0.15, 0.2) is 0 Å². The summed E-state index contributed by atoms with van der Waals surface area (Å²) in [7, 11) is 0. The third-order valence-corrected chi connectivity index (χ3v) is 5.36. The Kier molecular flexibility index (Phi) is 7.98. The molecule has 1 aliphatic heterocycles. The molecule has 1 atom stereocenters. The molecule has 0 bridgehead atoms. The summed E-state index contributed by atoms with van der Waals surface area (Å²) < 4.78 is 5.52. The monoisotopic (exact) mass is 373 g/mol. The van der Waals surface area contributed by atoms with Gasteiger partial charge in [-0.25, -0.2) is 0 Å². The number of carbonyl (C=O) groups excluding carboxylic acids is 1. The average Bonchev–Trinajstić information content (AvgIpc) is 3.05. The molecule has 0 aromatic carbocycles. The molecule has 8 nitrogen and oxygen atoms in total. The van der Waals surface area contributed by atoms with Crippen molar-refractivity contribution in [1.29, 1.82) is 0 Å². The number of nitrogens with one attached hydrogen (secondary N) is 1. The van der Waals surface area contributed by atoms with Crippen LogP contribution in [-0.2, 0) is 14.4 Å². The van der Waals surface area contributed by atoms with E-state index >= 15 is 0 Å². The first-order valence-corrected chi connectivity index (χ1v) is 9.24. The van der Waals surface area contributed by atoms with Crippen LogP contribution in [0.15, 0.2) is 0 Å². The number of hydrogen-bond donors (Lipinski definition) is 1. The van der Waals surface area contributed by atoms with Crippen LogP contribution in [-0.4, -0.2) is 53.4 Å². The van der Waals surface area contributed by atoms with Crippen LogP contribution in [0, 0.1) is 22.0 Å². The lowest BCUT2D eigenvalue weighted by atomic mass is 9.82. The molecule has 1 aliphatic carbocycles. The van der Waals surface area contributed by atoms with Gasteiger partial charge in [0.2, 0.25) is 0 Å². The van der Waals surface area contributed by atoms with Gasteiger partial charge in [0.25, 0.3) is 5.09 Å². The SMILES string of the molecule is CC(=O)CCC(=S)N1COCC1NCC1CCC(CO[N+](=O)[O-])CC1. The van der Waals surface area contributed by atoms with E-state index in [1.54, 1.807) is 6.92 Å². The predicted octanol–water partition coefficient (Wildman–Crippen LogP) is 1.90. The first-order chi connectivity index (χ1) is 12.0. The first kappa shape index (κ1) is 20.0. The number of carbonyl (C=O) groups is 1. The highest BCUT2D eigenvalue weighted by molar-refractivity contribution is 7.80. The minimum absolute atomic E-state index is 0.0648. The summed E-state index contributed by atoms with van der Waals surface area (Å²) in [5, 5.41) is 13.1. The quantitative estimate of drug-likeness (QED) is 0.372. The predicted molar refractivity (Wildman–Crippen MR) is 95.4 cm³/mol. The van der Waals surface area contributed by atoms with Crippen LogP contribution in [0.4, 0.5) is 0 Å². The van der Waals surface area contributed by atoms with Gasteiger partial charge in [0.1, 0.15) is 18.7 Å². The van der Waals surface area contributed by atoms with Crippen LogP contribution >= 0.6 is 12.2 Å². The highest BCUT2D eigenvalue weighted by atomic mass is 32.1. The number of thiocarbonyl (C=S) groups is 1. The molecule has 2 rings (SSSR count). The van der Waals surface area contributed by atoms with Gasteiger partial charge in [-0.3, -0.25) is 5.32 Å². The van der Waals surface area contributed by atoms with Gasteiger partial charge in [-0.15, -0.1) is 10.1 Å². The summed E-state index contributed by atoms with van der Waals surface area (Å²) in [6, 6.07) is 0. The van der Waals surface area contributed by atoms with E-state index in [-0.39, 0.29) is 24.5 Å². The zero-order chi connectivity index (χ0) is 18.2. The fourth-order valence-electron chi connectivity index (χ4n) is 3.36. The number of nitrogens with zero attached hydrogens (tertiary/aromatic N) is 2. The Bertz CT molecular complexity index is 482. The molecule has 0 aromatic rings. The molecule has 25 heavy (non-hydrogen) atoms. The Balaban J connectivity index is 1.67. The second-order valence-electron chi connectivity index (χ2n) is 6.90. The fourth-order valence-corrected chi connectivity index (χ4v) is 3.64. The largest absolute Gasteiger partial charge is 0.358 e. The second-order valence-corrected chi connectivity index (χ2v) is 7.37. The van der Waals surface area contributed by atoms with Crippen molar-refractivity contribution in [3.05, 3.63) is 10.1 Å². The lowest BCUT2D eigenvalue weighted by molar-refractivity contribution is -0.759. The van der Waals surface area contributed by atoms with Crippen molar-refractivity contribution in [3.8, 4) is 0 Å². The number of hydrogen-bond acceptors (Lipinski definition) is 7. The molecular weight excluding hydrogens is 346 g/mol. The molecule has 0 aromatic heterocycles. The van der Waals surface area contributed by atoms with Gasteiger partial charge >= 0.3 is 0 Å². The van der Waals surface area contributed by atoms with Crippen LogP contribution < -0.4 is 5.32 Å². The van der Waals surface area contributed by atoms with E-state index in [9.17, 15) is 14.9 Å². The molecule has 9 heteroatoms. The maximum Gasteiger partial charge on any atom is 0.294 e. The van der Waals surface area contributed by atoms with Gasteiger partial charge in [0, 0.05) is 12.8 Å². The van der Waals surface area contributed by atoms with Crippen molar-refractivity contribution < 1.29 is 19.5 Å². The van der Waals surface area contributed by atoms with E-state index in [0.717, 1.165) is 37.2 Å². The smallest absolute Gasteiger partial charge is 0.294 e. The van der Waals surface area contributed by atoms with Gasteiger partial charge < -0.3 is 19.3 Å². The Labute approximate surface area is 153 Å². The van der Waals surface area contributed by atoms with Gasteiger partial charge in [0.05, 0.1) is 18.2 Å². The van der Waals surface area contributed by atoms with Gasteiger partial charge in [-0.05, 0) is 51.0 Å². The molecule has 142 valence electrons.